The summed E-state index contributed by atoms with van der Waals surface area (Å²) in [4.78, 5) is 25.7. The number of carbonyl (C=O) groups is 1. The van der Waals surface area contributed by atoms with Crippen molar-refractivity contribution in [3.8, 4) is 0 Å². The van der Waals surface area contributed by atoms with Gasteiger partial charge in [-0.15, -0.1) is 11.3 Å². The molecule has 5 rings (SSSR count). The first-order valence-electron chi connectivity index (χ1n) is 8.61. The van der Waals surface area contributed by atoms with Crippen LogP contribution in [0.1, 0.15) is 10.4 Å². The molecule has 1 aliphatic heterocycles. The largest absolute Gasteiger partial charge is 0.345 e. The molecule has 0 unspecified atom stereocenters. The molecule has 0 aliphatic carbocycles. The number of carbonyl (C=O) groups excluding carboxylic acids is 1. The minimum absolute atomic E-state index is 0.0521. The number of thiazole rings is 2. The van der Waals surface area contributed by atoms with E-state index in [0.29, 0.717) is 18.7 Å². The van der Waals surface area contributed by atoms with Crippen molar-refractivity contribution in [3.05, 3.63) is 53.3 Å². The Bertz CT molecular complexity index is 1150. The number of rotatable bonds is 2. The first-order chi connectivity index (χ1) is 13.2. The molecule has 0 saturated carbocycles. The fraction of sp³-hybridized carbons (Fsp3) is 0.211. The molecule has 2 aromatic carbocycles. The number of amides is 1. The molecule has 0 N–H and O–H groups in total. The summed E-state index contributed by atoms with van der Waals surface area (Å²) in [6.45, 7) is 2.72. The van der Waals surface area contributed by atoms with Crippen molar-refractivity contribution in [2.45, 2.75) is 0 Å². The van der Waals surface area contributed by atoms with Gasteiger partial charge in [0.2, 0.25) is 0 Å². The van der Waals surface area contributed by atoms with Gasteiger partial charge >= 0.3 is 0 Å². The van der Waals surface area contributed by atoms with Crippen LogP contribution >= 0.6 is 22.7 Å². The highest BCUT2D eigenvalue weighted by atomic mass is 32.1. The monoisotopic (exact) mass is 398 g/mol. The molecule has 0 spiro atoms. The highest BCUT2D eigenvalue weighted by molar-refractivity contribution is 7.22. The van der Waals surface area contributed by atoms with E-state index in [4.69, 9.17) is 0 Å². The molecule has 3 heterocycles. The lowest BCUT2D eigenvalue weighted by molar-refractivity contribution is 0.0747. The van der Waals surface area contributed by atoms with Gasteiger partial charge in [0.25, 0.3) is 5.91 Å². The second kappa shape index (κ2) is 6.54. The topological polar surface area (TPSA) is 49.3 Å². The highest BCUT2D eigenvalue weighted by Crippen LogP contribution is 2.30. The Labute approximate surface area is 162 Å². The standard InChI is InChI=1S/C19H15FN4OS2/c20-13-2-4-15-17(10-13)27-19(22-15)24-7-5-23(6-8-24)18(25)12-1-3-14-16(9-12)26-11-21-14/h1-4,9-11H,5-8H2. The predicted molar refractivity (Wildman–Crippen MR) is 107 cm³/mol. The lowest BCUT2D eigenvalue weighted by Gasteiger charge is -2.34. The van der Waals surface area contributed by atoms with Gasteiger partial charge in [0.1, 0.15) is 5.82 Å². The third-order valence-corrected chi connectivity index (χ3v) is 6.63. The number of nitrogens with zero attached hydrogens (tertiary/aromatic N) is 4. The van der Waals surface area contributed by atoms with Gasteiger partial charge in [0.15, 0.2) is 5.13 Å². The molecule has 0 bridgehead atoms. The van der Waals surface area contributed by atoms with Crippen molar-refractivity contribution in [3.63, 3.8) is 0 Å². The van der Waals surface area contributed by atoms with E-state index in [1.165, 1.54) is 23.5 Å². The Kier molecular flexibility index (Phi) is 4.02. The minimum atomic E-state index is -0.244. The van der Waals surface area contributed by atoms with Crippen LogP contribution in [0.4, 0.5) is 9.52 Å². The second-order valence-electron chi connectivity index (χ2n) is 6.42. The first kappa shape index (κ1) is 16.6. The Morgan fingerprint density at radius 1 is 1.00 bits per heavy atom. The summed E-state index contributed by atoms with van der Waals surface area (Å²) < 4.78 is 15.3. The van der Waals surface area contributed by atoms with Gasteiger partial charge in [-0.05, 0) is 36.4 Å². The lowest BCUT2D eigenvalue weighted by atomic mass is 10.1. The zero-order valence-corrected chi connectivity index (χ0v) is 15.9. The number of anilines is 1. The molecule has 1 amide bonds. The molecule has 4 aromatic rings. The molecule has 136 valence electrons. The Hall–Kier alpha value is -2.58. The number of halogens is 1. The van der Waals surface area contributed by atoms with Crippen LogP contribution in [-0.4, -0.2) is 47.0 Å². The number of aromatic nitrogens is 2. The van der Waals surface area contributed by atoms with Crippen LogP contribution in [0.3, 0.4) is 0 Å². The van der Waals surface area contributed by atoms with Gasteiger partial charge in [0.05, 0.1) is 25.9 Å². The molecule has 0 radical (unpaired) electrons. The van der Waals surface area contributed by atoms with Crippen molar-refractivity contribution in [1.82, 2.24) is 14.9 Å². The maximum Gasteiger partial charge on any atom is 0.254 e. The van der Waals surface area contributed by atoms with Crippen LogP contribution in [0, 0.1) is 5.82 Å². The maximum atomic E-state index is 13.4. The van der Waals surface area contributed by atoms with E-state index in [1.54, 1.807) is 22.9 Å². The molecule has 2 aromatic heterocycles. The summed E-state index contributed by atoms with van der Waals surface area (Å²) in [5.74, 6) is -0.192. The summed E-state index contributed by atoms with van der Waals surface area (Å²) in [5.41, 5.74) is 4.23. The lowest BCUT2D eigenvalue weighted by Crippen LogP contribution is -2.48. The quantitative estimate of drug-likeness (QED) is 0.512. The van der Waals surface area contributed by atoms with E-state index >= 15 is 0 Å². The predicted octanol–water partition coefficient (Wildman–Crippen LogP) is 4.01. The second-order valence-corrected chi connectivity index (χ2v) is 8.32. The van der Waals surface area contributed by atoms with Crippen molar-refractivity contribution in [1.29, 1.82) is 0 Å². The van der Waals surface area contributed by atoms with E-state index in [9.17, 15) is 9.18 Å². The SMILES string of the molecule is O=C(c1ccc2ncsc2c1)N1CCN(c2nc3ccc(F)cc3s2)CC1. The number of piperazine rings is 1. The van der Waals surface area contributed by atoms with E-state index in [2.05, 4.69) is 14.9 Å². The molecular formula is C19H15FN4OS2. The van der Waals surface area contributed by atoms with Crippen molar-refractivity contribution in [2.75, 3.05) is 31.1 Å². The van der Waals surface area contributed by atoms with Gasteiger partial charge in [-0.2, -0.15) is 0 Å². The molecule has 1 saturated heterocycles. The number of benzene rings is 2. The Morgan fingerprint density at radius 2 is 1.81 bits per heavy atom. The summed E-state index contributed by atoms with van der Waals surface area (Å²) in [6.07, 6.45) is 0. The van der Waals surface area contributed by atoms with Crippen LogP contribution in [0.15, 0.2) is 41.9 Å². The Balaban J connectivity index is 1.30. The Morgan fingerprint density at radius 3 is 2.67 bits per heavy atom. The van der Waals surface area contributed by atoms with E-state index in [1.807, 2.05) is 23.1 Å². The zero-order valence-electron chi connectivity index (χ0n) is 14.3. The van der Waals surface area contributed by atoms with Gasteiger partial charge in [-0.3, -0.25) is 4.79 Å². The summed E-state index contributed by atoms with van der Waals surface area (Å²) in [7, 11) is 0. The minimum Gasteiger partial charge on any atom is -0.345 e. The van der Waals surface area contributed by atoms with Crippen LogP contribution in [0.25, 0.3) is 20.4 Å². The fourth-order valence-electron chi connectivity index (χ4n) is 3.29. The fourth-order valence-corrected chi connectivity index (χ4v) is 5.05. The van der Waals surface area contributed by atoms with Crippen molar-refractivity contribution >= 4 is 54.1 Å². The number of hydrogen-bond acceptors (Lipinski definition) is 6. The van der Waals surface area contributed by atoms with Gasteiger partial charge in [0, 0.05) is 31.7 Å². The molecule has 27 heavy (non-hydrogen) atoms. The van der Waals surface area contributed by atoms with Crippen molar-refractivity contribution in [2.24, 2.45) is 0 Å². The summed E-state index contributed by atoms with van der Waals surface area (Å²) >= 11 is 3.03. The van der Waals surface area contributed by atoms with Gasteiger partial charge < -0.3 is 9.80 Å². The van der Waals surface area contributed by atoms with Crippen molar-refractivity contribution < 1.29 is 9.18 Å². The maximum absolute atomic E-state index is 13.4. The van der Waals surface area contributed by atoms with E-state index < -0.39 is 0 Å². The van der Waals surface area contributed by atoms with E-state index in [-0.39, 0.29) is 11.7 Å². The smallest absolute Gasteiger partial charge is 0.254 e. The van der Waals surface area contributed by atoms with E-state index in [0.717, 1.165) is 38.7 Å². The average molecular weight is 398 g/mol. The van der Waals surface area contributed by atoms with Crippen LogP contribution in [0.2, 0.25) is 0 Å². The molecular weight excluding hydrogens is 383 g/mol. The zero-order chi connectivity index (χ0) is 18.4. The summed E-state index contributed by atoms with van der Waals surface area (Å²) in [6, 6.07) is 10.3. The molecule has 1 aliphatic rings. The molecule has 5 nitrogen and oxygen atoms in total. The molecule has 1 fully saturated rings. The number of fused-ring (bicyclic) bond motifs is 2. The van der Waals surface area contributed by atoms with Crippen LogP contribution in [0.5, 0.6) is 0 Å². The molecule has 0 atom stereocenters. The normalized spacial score (nSPS) is 15.0. The third-order valence-electron chi connectivity index (χ3n) is 4.75. The van der Waals surface area contributed by atoms with Gasteiger partial charge in [-0.25, -0.2) is 14.4 Å². The van der Waals surface area contributed by atoms with Gasteiger partial charge in [-0.1, -0.05) is 11.3 Å². The van der Waals surface area contributed by atoms with Crippen LogP contribution in [-0.2, 0) is 0 Å². The summed E-state index contributed by atoms with van der Waals surface area (Å²) in [5, 5.41) is 0.883. The number of hydrogen-bond donors (Lipinski definition) is 0. The first-order valence-corrected chi connectivity index (χ1v) is 10.3. The van der Waals surface area contributed by atoms with Crippen LogP contribution < -0.4 is 4.90 Å². The molecule has 8 heteroatoms. The highest BCUT2D eigenvalue weighted by Gasteiger charge is 2.24. The third kappa shape index (κ3) is 3.04. The average Bonchev–Trinajstić information content (AvgIpc) is 3.33.